The molecule has 4 heteroatoms. The van der Waals surface area contributed by atoms with Gasteiger partial charge in [0.15, 0.2) is 5.11 Å². The highest BCUT2D eigenvalue weighted by atomic mass is 32.1. The molecule has 3 nitrogen and oxygen atoms in total. The maximum Gasteiger partial charge on any atom is 0.170 e. The van der Waals surface area contributed by atoms with Gasteiger partial charge in [0.2, 0.25) is 0 Å². The van der Waals surface area contributed by atoms with Crippen molar-refractivity contribution in [2.45, 2.75) is 32.1 Å². The van der Waals surface area contributed by atoms with Gasteiger partial charge in [-0.25, -0.2) is 0 Å². The van der Waals surface area contributed by atoms with Gasteiger partial charge in [-0.2, -0.15) is 0 Å². The van der Waals surface area contributed by atoms with Gasteiger partial charge in [0, 0.05) is 24.6 Å². The van der Waals surface area contributed by atoms with Crippen molar-refractivity contribution < 1.29 is 0 Å². The molecule has 0 spiro atoms. The van der Waals surface area contributed by atoms with Crippen molar-refractivity contribution in [2.24, 2.45) is 0 Å². The predicted molar refractivity (Wildman–Crippen MR) is 97.1 cm³/mol. The number of pyridine rings is 1. The molecule has 2 N–H and O–H groups in total. The van der Waals surface area contributed by atoms with Gasteiger partial charge >= 0.3 is 0 Å². The predicted octanol–water partition coefficient (Wildman–Crippen LogP) is 4.17. The van der Waals surface area contributed by atoms with Crippen LogP contribution in [0.1, 0.15) is 31.2 Å². The van der Waals surface area contributed by atoms with Crippen LogP contribution in [0, 0.1) is 0 Å². The number of rotatable bonds is 8. The van der Waals surface area contributed by atoms with Gasteiger partial charge in [0.1, 0.15) is 0 Å². The molecule has 0 radical (unpaired) electrons. The molecule has 0 saturated heterocycles. The monoisotopic (exact) mass is 313 g/mol. The summed E-state index contributed by atoms with van der Waals surface area (Å²) in [4.78, 5) is 3.97. The molecule has 116 valence electrons. The Morgan fingerprint density at radius 2 is 1.64 bits per heavy atom. The fourth-order valence-corrected chi connectivity index (χ4v) is 2.48. The zero-order valence-electron chi connectivity index (χ0n) is 12.8. The summed E-state index contributed by atoms with van der Waals surface area (Å²) in [5.74, 6) is 0. The largest absolute Gasteiger partial charge is 0.362 e. The quantitative estimate of drug-likeness (QED) is 0.566. The molecule has 1 heterocycles. The van der Waals surface area contributed by atoms with Gasteiger partial charge in [0.25, 0.3) is 0 Å². The third-order valence-corrected chi connectivity index (χ3v) is 3.71. The van der Waals surface area contributed by atoms with Crippen LogP contribution in [0.2, 0.25) is 0 Å². The van der Waals surface area contributed by atoms with Crippen molar-refractivity contribution >= 4 is 23.0 Å². The molecule has 2 rings (SSSR count). The fraction of sp³-hybridized carbons (Fsp3) is 0.333. The lowest BCUT2D eigenvalue weighted by Crippen LogP contribution is -2.29. The lowest BCUT2D eigenvalue weighted by molar-refractivity contribution is 0.632. The molecule has 1 aromatic carbocycles. The summed E-state index contributed by atoms with van der Waals surface area (Å²) in [5.41, 5.74) is 2.40. The van der Waals surface area contributed by atoms with E-state index in [9.17, 15) is 0 Å². The Hall–Kier alpha value is -1.94. The van der Waals surface area contributed by atoms with Gasteiger partial charge in [-0.3, -0.25) is 4.98 Å². The number of hydrogen-bond donors (Lipinski definition) is 2. The van der Waals surface area contributed by atoms with Crippen LogP contribution < -0.4 is 10.6 Å². The molecule has 22 heavy (non-hydrogen) atoms. The fourth-order valence-electron chi connectivity index (χ4n) is 2.26. The Bertz CT molecular complexity index is 543. The number of aryl methyl sites for hydroxylation is 1. The lowest BCUT2D eigenvalue weighted by Gasteiger charge is -2.10. The first kappa shape index (κ1) is 16.4. The minimum absolute atomic E-state index is 0.676. The first-order valence-corrected chi connectivity index (χ1v) is 8.24. The summed E-state index contributed by atoms with van der Waals surface area (Å²) in [6.07, 6.45) is 9.57. The molecule has 0 aliphatic heterocycles. The molecule has 2 aromatic rings. The number of benzene rings is 1. The summed E-state index contributed by atoms with van der Waals surface area (Å²) in [6, 6.07) is 14.5. The summed E-state index contributed by atoms with van der Waals surface area (Å²) in [6.45, 7) is 0.919. The van der Waals surface area contributed by atoms with Gasteiger partial charge in [-0.15, -0.1) is 0 Å². The van der Waals surface area contributed by atoms with Crippen LogP contribution in [-0.4, -0.2) is 16.6 Å². The number of nitrogens with one attached hydrogen (secondary N) is 2. The van der Waals surface area contributed by atoms with Crippen LogP contribution in [0.15, 0.2) is 54.9 Å². The molecule has 0 bridgehead atoms. The molecular formula is C18H23N3S. The number of nitrogens with zero attached hydrogens (tertiary/aromatic N) is 1. The van der Waals surface area contributed by atoms with E-state index in [1.54, 1.807) is 12.4 Å². The topological polar surface area (TPSA) is 37.0 Å². The van der Waals surface area contributed by atoms with Gasteiger partial charge in [-0.1, -0.05) is 43.2 Å². The Kier molecular flexibility index (Phi) is 7.39. The van der Waals surface area contributed by atoms with E-state index in [4.69, 9.17) is 12.2 Å². The van der Waals surface area contributed by atoms with Crippen LogP contribution in [0.5, 0.6) is 0 Å². The summed E-state index contributed by atoms with van der Waals surface area (Å²) in [7, 11) is 0. The molecule has 0 amide bonds. The molecule has 1 aromatic heterocycles. The van der Waals surface area contributed by atoms with E-state index in [1.165, 1.54) is 31.2 Å². The summed E-state index contributed by atoms with van der Waals surface area (Å²) in [5, 5.41) is 7.06. The average molecular weight is 313 g/mol. The van der Waals surface area contributed by atoms with E-state index in [0.717, 1.165) is 18.7 Å². The van der Waals surface area contributed by atoms with E-state index in [-0.39, 0.29) is 0 Å². The number of thiocarbonyl (C=S) groups is 1. The lowest BCUT2D eigenvalue weighted by atomic mass is 10.1. The standard InChI is InChI=1S/C18H23N3S/c22-18(21-17-11-14-19-15-12-17)20-13-7-2-1-4-8-16-9-5-3-6-10-16/h3,5-6,9-12,14-15H,1-2,4,7-8,13H2,(H2,19,20,21,22). The average Bonchev–Trinajstić information content (AvgIpc) is 2.56. The first-order chi connectivity index (χ1) is 10.8. The van der Waals surface area contributed by atoms with Crippen molar-refractivity contribution in [1.29, 1.82) is 0 Å². The van der Waals surface area contributed by atoms with Crippen molar-refractivity contribution in [2.75, 3.05) is 11.9 Å². The van der Waals surface area contributed by atoms with Gasteiger partial charge in [-0.05, 0) is 49.2 Å². The minimum Gasteiger partial charge on any atom is -0.362 e. The molecule has 0 fully saturated rings. The van der Waals surface area contributed by atoms with Crippen molar-refractivity contribution in [3.05, 3.63) is 60.4 Å². The summed E-state index contributed by atoms with van der Waals surface area (Å²) < 4.78 is 0. The second-order valence-electron chi connectivity index (χ2n) is 5.27. The second-order valence-corrected chi connectivity index (χ2v) is 5.67. The molecule has 0 atom stereocenters. The Morgan fingerprint density at radius 1 is 0.909 bits per heavy atom. The highest BCUT2D eigenvalue weighted by molar-refractivity contribution is 7.80. The number of aromatic nitrogens is 1. The number of hydrogen-bond acceptors (Lipinski definition) is 2. The highest BCUT2D eigenvalue weighted by Crippen LogP contribution is 2.07. The van der Waals surface area contributed by atoms with Crippen LogP contribution in [-0.2, 0) is 6.42 Å². The molecule has 0 aliphatic carbocycles. The smallest absolute Gasteiger partial charge is 0.170 e. The Labute approximate surface area is 138 Å². The van der Waals surface area contributed by atoms with Crippen molar-refractivity contribution in [3.63, 3.8) is 0 Å². The van der Waals surface area contributed by atoms with Crippen LogP contribution >= 0.6 is 12.2 Å². The molecular weight excluding hydrogens is 290 g/mol. The molecule has 0 unspecified atom stereocenters. The van der Waals surface area contributed by atoms with E-state index >= 15 is 0 Å². The van der Waals surface area contributed by atoms with Gasteiger partial charge in [0.05, 0.1) is 0 Å². The zero-order valence-corrected chi connectivity index (χ0v) is 13.6. The van der Waals surface area contributed by atoms with E-state index in [2.05, 4.69) is 45.9 Å². The van der Waals surface area contributed by atoms with Crippen LogP contribution in [0.25, 0.3) is 0 Å². The SMILES string of the molecule is S=C(NCCCCCCc1ccccc1)Nc1ccncc1. The third kappa shape index (κ3) is 6.68. The van der Waals surface area contributed by atoms with E-state index in [1.807, 2.05) is 12.1 Å². The normalized spacial score (nSPS) is 10.2. The van der Waals surface area contributed by atoms with Crippen molar-refractivity contribution in [1.82, 2.24) is 10.3 Å². The first-order valence-electron chi connectivity index (χ1n) is 7.83. The number of anilines is 1. The maximum absolute atomic E-state index is 5.26. The van der Waals surface area contributed by atoms with Crippen molar-refractivity contribution in [3.8, 4) is 0 Å². The molecule has 0 aliphatic rings. The van der Waals surface area contributed by atoms with Gasteiger partial charge < -0.3 is 10.6 Å². The highest BCUT2D eigenvalue weighted by Gasteiger charge is 1.97. The Morgan fingerprint density at radius 3 is 2.41 bits per heavy atom. The van der Waals surface area contributed by atoms with E-state index < -0.39 is 0 Å². The van der Waals surface area contributed by atoms with Crippen LogP contribution in [0.4, 0.5) is 5.69 Å². The van der Waals surface area contributed by atoms with E-state index in [0.29, 0.717) is 5.11 Å². The zero-order chi connectivity index (χ0) is 15.5. The Balaban J connectivity index is 1.48. The number of unbranched alkanes of at least 4 members (excludes halogenated alkanes) is 3. The molecule has 0 saturated carbocycles. The second kappa shape index (κ2) is 9.90. The minimum atomic E-state index is 0.676. The maximum atomic E-state index is 5.26. The van der Waals surface area contributed by atoms with Crippen LogP contribution in [0.3, 0.4) is 0 Å². The summed E-state index contributed by atoms with van der Waals surface area (Å²) >= 11 is 5.26. The third-order valence-electron chi connectivity index (χ3n) is 3.46.